The summed E-state index contributed by atoms with van der Waals surface area (Å²) in [4.78, 5) is 18.1. The standard InChI is InChI=1S/C24H28N6O/c1-25-24(26-16-19-9-11-22(12-10-19)30-15-4-8-23(30)31)27-17-20-6-2-3-7-21(20)18-29-14-5-13-28-29/h2-3,5-7,9-14H,4,8,15-18H2,1H3,(H2,25,26,27). The monoisotopic (exact) mass is 416 g/mol. The van der Waals surface area contributed by atoms with Crippen molar-refractivity contribution in [1.29, 1.82) is 0 Å². The highest BCUT2D eigenvalue weighted by atomic mass is 16.2. The Bertz CT molecular complexity index is 1030. The van der Waals surface area contributed by atoms with Crippen LogP contribution in [0.4, 0.5) is 5.69 Å². The molecule has 0 bridgehead atoms. The number of hydrogen-bond acceptors (Lipinski definition) is 3. The molecule has 7 nitrogen and oxygen atoms in total. The third kappa shape index (κ3) is 5.31. The molecule has 3 aromatic rings. The Morgan fingerprint density at radius 2 is 1.81 bits per heavy atom. The average molecular weight is 417 g/mol. The number of nitrogens with zero attached hydrogens (tertiary/aromatic N) is 4. The largest absolute Gasteiger partial charge is 0.352 e. The van der Waals surface area contributed by atoms with E-state index in [0.29, 0.717) is 19.5 Å². The molecule has 1 aromatic heterocycles. The van der Waals surface area contributed by atoms with E-state index in [1.807, 2.05) is 40.0 Å². The summed E-state index contributed by atoms with van der Waals surface area (Å²) in [7, 11) is 1.77. The number of amides is 1. The highest BCUT2D eigenvalue weighted by Gasteiger charge is 2.21. The molecule has 0 unspecified atom stereocenters. The van der Waals surface area contributed by atoms with Gasteiger partial charge in [0, 0.05) is 51.2 Å². The van der Waals surface area contributed by atoms with Crippen molar-refractivity contribution in [3.8, 4) is 0 Å². The summed E-state index contributed by atoms with van der Waals surface area (Å²) in [5, 5.41) is 11.1. The van der Waals surface area contributed by atoms with Crippen LogP contribution in [-0.4, -0.2) is 35.2 Å². The second kappa shape index (κ2) is 9.93. The Balaban J connectivity index is 1.31. The van der Waals surface area contributed by atoms with Gasteiger partial charge in [0.05, 0.1) is 6.54 Å². The van der Waals surface area contributed by atoms with Crippen molar-refractivity contribution in [2.24, 2.45) is 4.99 Å². The van der Waals surface area contributed by atoms with E-state index in [-0.39, 0.29) is 5.91 Å². The number of aliphatic imine (C=N–C) groups is 1. The fraction of sp³-hybridized carbons (Fsp3) is 0.292. The van der Waals surface area contributed by atoms with Crippen molar-refractivity contribution < 1.29 is 4.79 Å². The van der Waals surface area contributed by atoms with Crippen LogP contribution in [0.5, 0.6) is 0 Å². The predicted octanol–water partition coefficient (Wildman–Crippen LogP) is 2.92. The molecule has 0 radical (unpaired) electrons. The molecule has 160 valence electrons. The molecule has 31 heavy (non-hydrogen) atoms. The maximum absolute atomic E-state index is 11.9. The molecule has 1 aliphatic heterocycles. The summed E-state index contributed by atoms with van der Waals surface area (Å²) < 4.78 is 1.92. The zero-order chi connectivity index (χ0) is 21.5. The van der Waals surface area contributed by atoms with E-state index in [1.54, 1.807) is 13.2 Å². The SMILES string of the molecule is CN=C(NCc1ccc(N2CCCC2=O)cc1)NCc1ccccc1Cn1cccn1. The van der Waals surface area contributed by atoms with Crippen LogP contribution in [0.15, 0.2) is 72.0 Å². The minimum Gasteiger partial charge on any atom is -0.352 e. The van der Waals surface area contributed by atoms with Crippen LogP contribution >= 0.6 is 0 Å². The van der Waals surface area contributed by atoms with E-state index >= 15 is 0 Å². The topological polar surface area (TPSA) is 74.6 Å². The Labute approximate surface area is 182 Å². The number of aromatic nitrogens is 2. The van der Waals surface area contributed by atoms with E-state index in [9.17, 15) is 4.79 Å². The van der Waals surface area contributed by atoms with Gasteiger partial charge in [0.1, 0.15) is 0 Å². The second-order valence-corrected chi connectivity index (χ2v) is 7.57. The quantitative estimate of drug-likeness (QED) is 0.459. The van der Waals surface area contributed by atoms with Crippen LogP contribution in [0.1, 0.15) is 29.5 Å². The van der Waals surface area contributed by atoms with Gasteiger partial charge in [-0.15, -0.1) is 0 Å². The maximum atomic E-state index is 11.9. The van der Waals surface area contributed by atoms with Crippen molar-refractivity contribution in [3.63, 3.8) is 0 Å². The lowest BCUT2D eigenvalue weighted by Gasteiger charge is -2.17. The number of benzene rings is 2. The van der Waals surface area contributed by atoms with Crippen molar-refractivity contribution in [2.75, 3.05) is 18.5 Å². The number of nitrogens with one attached hydrogen (secondary N) is 2. The molecule has 1 fully saturated rings. The molecule has 1 aliphatic rings. The Kier molecular flexibility index (Phi) is 6.62. The summed E-state index contributed by atoms with van der Waals surface area (Å²) in [6.45, 7) is 2.88. The molecule has 0 saturated carbocycles. The Hall–Kier alpha value is -3.61. The van der Waals surface area contributed by atoms with Crippen molar-refractivity contribution in [2.45, 2.75) is 32.5 Å². The summed E-state index contributed by atoms with van der Waals surface area (Å²) in [6.07, 6.45) is 5.35. The van der Waals surface area contributed by atoms with Crippen molar-refractivity contribution >= 4 is 17.6 Å². The fourth-order valence-electron chi connectivity index (χ4n) is 3.75. The second-order valence-electron chi connectivity index (χ2n) is 7.57. The summed E-state index contributed by atoms with van der Waals surface area (Å²) in [5.41, 5.74) is 4.54. The van der Waals surface area contributed by atoms with Gasteiger partial charge in [-0.2, -0.15) is 5.10 Å². The highest BCUT2D eigenvalue weighted by molar-refractivity contribution is 5.95. The van der Waals surface area contributed by atoms with Crippen LogP contribution in [0.25, 0.3) is 0 Å². The molecule has 2 aromatic carbocycles. The summed E-state index contributed by atoms with van der Waals surface area (Å²) >= 11 is 0. The first kappa shape index (κ1) is 20.7. The lowest BCUT2D eigenvalue weighted by Crippen LogP contribution is -2.36. The molecule has 0 spiro atoms. The summed E-state index contributed by atoms with van der Waals surface area (Å²) in [5.74, 6) is 0.955. The van der Waals surface area contributed by atoms with Gasteiger partial charge in [0.15, 0.2) is 5.96 Å². The van der Waals surface area contributed by atoms with E-state index < -0.39 is 0 Å². The van der Waals surface area contributed by atoms with Crippen LogP contribution < -0.4 is 15.5 Å². The first-order valence-corrected chi connectivity index (χ1v) is 10.6. The van der Waals surface area contributed by atoms with Crippen molar-refractivity contribution in [1.82, 2.24) is 20.4 Å². The minimum atomic E-state index is 0.211. The van der Waals surface area contributed by atoms with Gasteiger partial charge in [0.25, 0.3) is 0 Å². The van der Waals surface area contributed by atoms with Crippen LogP contribution in [0.2, 0.25) is 0 Å². The molecule has 0 aliphatic carbocycles. The molecule has 2 heterocycles. The fourth-order valence-corrected chi connectivity index (χ4v) is 3.75. The molecule has 1 saturated heterocycles. The number of hydrogen-bond donors (Lipinski definition) is 2. The van der Waals surface area contributed by atoms with Gasteiger partial charge < -0.3 is 15.5 Å². The number of anilines is 1. The van der Waals surface area contributed by atoms with E-state index in [0.717, 1.165) is 36.7 Å². The maximum Gasteiger partial charge on any atom is 0.227 e. The van der Waals surface area contributed by atoms with Gasteiger partial charge >= 0.3 is 0 Å². The van der Waals surface area contributed by atoms with Gasteiger partial charge in [-0.1, -0.05) is 36.4 Å². The molecule has 2 N–H and O–H groups in total. The lowest BCUT2D eigenvalue weighted by molar-refractivity contribution is -0.117. The van der Waals surface area contributed by atoms with E-state index in [1.165, 1.54) is 11.1 Å². The number of carbonyl (C=O) groups is 1. The molecular weight excluding hydrogens is 388 g/mol. The highest BCUT2D eigenvalue weighted by Crippen LogP contribution is 2.21. The van der Waals surface area contributed by atoms with Crippen LogP contribution in [-0.2, 0) is 24.4 Å². The zero-order valence-corrected chi connectivity index (χ0v) is 17.8. The number of carbonyl (C=O) groups excluding carboxylic acids is 1. The number of rotatable bonds is 7. The molecule has 4 rings (SSSR count). The third-order valence-electron chi connectivity index (χ3n) is 5.46. The average Bonchev–Trinajstić information content (AvgIpc) is 3.47. The molecule has 7 heteroatoms. The van der Waals surface area contributed by atoms with Gasteiger partial charge in [0.2, 0.25) is 5.91 Å². The molecular formula is C24H28N6O. The summed E-state index contributed by atoms with van der Waals surface area (Å²) in [6, 6.07) is 18.4. The van der Waals surface area contributed by atoms with Crippen LogP contribution in [0.3, 0.4) is 0 Å². The van der Waals surface area contributed by atoms with E-state index in [2.05, 4.69) is 51.1 Å². The van der Waals surface area contributed by atoms with E-state index in [4.69, 9.17) is 0 Å². The number of guanidine groups is 1. The minimum absolute atomic E-state index is 0.211. The third-order valence-corrected chi connectivity index (χ3v) is 5.46. The van der Waals surface area contributed by atoms with Crippen molar-refractivity contribution in [3.05, 3.63) is 83.7 Å². The molecule has 1 amide bonds. The van der Waals surface area contributed by atoms with Gasteiger partial charge in [-0.25, -0.2) is 0 Å². The van der Waals surface area contributed by atoms with Gasteiger partial charge in [-0.3, -0.25) is 14.5 Å². The smallest absolute Gasteiger partial charge is 0.227 e. The zero-order valence-electron chi connectivity index (χ0n) is 17.8. The first-order chi connectivity index (χ1) is 15.2. The first-order valence-electron chi connectivity index (χ1n) is 10.6. The van der Waals surface area contributed by atoms with Gasteiger partial charge in [-0.05, 0) is 41.3 Å². The predicted molar refractivity (Wildman–Crippen MR) is 123 cm³/mol. The Morgan fingerprint density at radius 3 is 2.48 bits per heavy atom. The Morgan fingerprint density at radius 1 is 1.03 bits per heavy atom. The molecule has 0 atom stereocenters. The lowest BCUT2D eigenvalue weighted by atomic mass is 10.1. The van der Waals surface area contributed by atoms with Crippen LogP contribution in [0, 0.1) is 0 Å². The normalized spacial score (nSPS) is 14.2.